The van der Waals surface area contributed by atoms with Crippen LogP contribution in [0.5, 0.6) is 0 Å². The highest BCUT2D eigenvalue weighted by atomic mass is 19.1. The molecule has 0 saturated carbocycles. The fraction of sp³-hybridized carbons (Fsp3) is 0.633. The molecule has 0 spiro atoms. The van der Waals surface area contributed by atoms with Gasteiger partial charge in [0.05, 0.1) is 82.3 Å². The molecule has 6 amide bonds. The van der Waals surface area contributed by atoms with Gasteiger partial charge in [0.15, 0.2) is 0 Å². The normalized spacial score (nSPS) is 13.9. The summed E-state index contributed by atoms with van der Waals surface area (Å²) >= 11 is 0. The Kier molecular flexibility index (Phi) is 37.1. The first-order chi connectivity index (χ1) is 37.3. The standard InChI is InChI=1S/C12H13FO.C11H20N2O3.C10H18N2O3.C10H15NO2.C8H13NO2.C7H12N2O2.2CH4/c1-4-10-5-6-11(12(13)7-10)8-14-9(2)3;1-8(2)16-7-6-13-9(14)11(3,4)12(5)10(13)15;1-7(2)15-6-5-12-8(13)10(3,4)11-9(12)14;1-9(2)13-8-7-11-6-4-3-5-10(11)12;1-6(2)10-5-8-9-4-7(3)11-8;1-5(2)10-4-7-9-8-6(3)11-7;;/h1,5-7,9H,8H2,2-3H3;8H,6-7H2,1-5H3;7H,5-6H2,1-4H3,(H,11,14);3-6,9H,7-8H2,1-2H3;4,6H,5H2,1-3H3;5H,4H2,1-3H3;2*1H4. The minimum Gasteiger partial charge on any atom is -0.443 e. The zero-order valence-corrected chi connectivity index (χ0v) is 50.8. The minimum atomic E-state index is -0.783. The number of carbonyl (C=O) groups excluding carboxylic acids is 4. The maximum Gasteiger partial charge on any atom is 0.327 e. The molecule has 22 heteroatoms. The summed E-state index contributed by atoms with van der Waals surface area (Å²) in [4.78, 5) is 65.9. The lowest BCUT2D eigenvalue weighted by molar-refractivity contribution is -0.132. The van der Waals surface area contributed by atoms with Crippen molar-refractivity contribution in [1.29, 1.82) is 0 Å². The Morgan fingerprint density at radius 2 is 1.15 bits per heavy atom. The molecule has 6 rings (SSSR count). The van der Waals surface area contributed by atoms with Gasteiger partial charge < -0.3 is 52.0 Å². The van der Waals surface area contributed by atoms with Crippen LogP contribution in [0.25, 0.3) is 0 Å². The number of nitrogens with one attached hydrogen (secondary N) is 1. The molecule has 2 aliphatic heterocycles. The second-order valence-electron chi connectivity index (χ2n) is 21.0. The monoisotopic (exact) mass is 1160 g/mol. The predicted octanol–water partition coefficient (Wildman–Crippen LogP) is 10.3. The summed E-state index contributed by atoms with van der Waals surface area (Å²) in [5, 5.41) is 10.1. The van der Waals surface area contributed by atoms with Gasteiger partial charge in [-0.3, -0.25) is 24.2 Å². The first-order valence-corrected chi connectivity index (χ1v) is 26.9. The number of carbonyl (C=O) groups is 4. The van der Waals surface area contributed by atoms with Gasteiger partial charge >= 0.3 is 12.1 Å². The number of hydrogen-bond acceptors (Lipinski definition) is 16. The second-order valence-corrected chi connectivity index (χ2v) is 21.0. The van der Waals surface area contributed by atoms with Crippen molar-refractivity contribution < 1.29 is 60.8 Å². The Morgan fingerprint density at radius 3 is 1.55 bits per heavy atom. The predicted molar refractivity (Wildman–Crippen MR) is 315 cm³/mol. The summed E-state index contributed by atoms with van der Waals surface area (Å²) in [6.45, 7) is 37.6. The molecule has 5 heterocycles. The number of likely N-dealkylation sites (N-methyl/N-ethyl adjacent to an activating group) is 1. The van der Waals surface area contributed by atoms with E-state index in [0.29, 0.717) is 81.5 Å². The number of aryl methyl sites for hydroxylation is 2. The summed E-state index contributed by atoms with van der Waals surface area (Å²) in [6, 6.07) is 9.27. The van der Waals surface area contributed by atoms with Crippen LogP contribution in [0.3, 0.4) is 0 Å². The van der Waals surface area contributed by atoms with E-state index in [9.17, 15) is 28.4 Å². The van der Waals surface area contributed by atoms with Gasteiger partial charge in [-0.15, -0.1) is 16.6 Å². The first kappa shape index (κ1) is 77.7. The van der Waals surface area contributed by atoms with Crippen LogP contribution in [-0.2, 0) is 64.4 Å². The fourth-order valence-corrected chi connectivity index (χ4v) is 6.34. The maximum atomic E-state index is 13.3. The molecule has 0 bridgehead atoms. The van der Waals surface area contributed by atoms with E-state index in [4.69, 9.17) is 43.7 Å². The van der Waals surface area contributed by atoms with Crippen molar-refractivity contribution in [3.8, 4) is 12.3 Å². The second kappa shape index (κ2) is 39.2. The summed E-state index contributed by atoms with van der Waals surface area (Å²) < 4.78 is 57.0. The van der Waals surface area contributed by atoms with Crippen LogP contribution in [0.15, 0.2) is 62.4 Å². The lowest BCUT2D eigenvalue weighted by atomic mass is 10.1. The third-order valence-corrected chi connectivity index (χ3v) is 10.9. The molecule has 4 aromatic rings. The Morgan fingerprint density at radius 1 is 0.646 bits per heavy atom. The van der Waals surface area contributed by atoms with Gasteiger partial charge in [0.25, 0.3) is 17.4 Å². The van der Waals surface area contributed by atoms with E-state index in [0.717, 1.165) is 5.76 Å². The van der Waals surface area contributed by atoms with Crippen LogP contribution in [0.2, 0.25) is 0 Å². The van der Waals surface area contributed by atoms with Gasteiger partial charge in [-0.2, -0.15) is 0 Å². The molecule has 2 fully saturated rings. The van der Waals surface area contributed by atoms with E-state index in [1.165, 1.54) is 20.8 Å². The van der Waals surface area contributed by atoms with Crippen molar-refractivity contribution >= 4 is 23.9 Å². The van der Waals surface area contributed by atoms with Gasteiger partial charge in [0, 0.05) is 43.9 Å². The van der Waals surface area contributed by atoms with Crippen molar-refractivity contribution in [1.82, 2.24) is 39.8 Å². The van der Waals surface area contributed by atoms with E-state index >= 15 is 0 Å². The van der Waals surface area contributed by atoms with Gasteiger partial charge in [-0.05, 0) is 136 Å². The van der Waals surface area contributed by atoms with Gasteiger partial charge in [0.1, 0.15) is 35.9 Å². The van der Waals surface area contributed by atoms with E-state index < -0.39 is 11.1 Å². The van der Waals surface area contributed by atoms with Crippen molar-refractivity contribution in [2.45, 2.75) is 214 Å². The number of imide groups is 2. The number of pyridine rings is 1. The third-order valence-electron chi connectivity index (χ3n) is 10.9. The van der Waals surface area contributed by atoms with Crippen LogP contribution < -0.4 is 10.9 Å². The molecule has 0 unspecified atom stereocenters. The molecule has 21 nitrogen and oxygen atoms in total. The molecule has 0 atom stereocenters. The topological polar surface area (TPSA) is 232 Å². The largest absolute Gasteiger partial charge is 0.443 e. The first-order valence-electron chi connectivity index (χ1n) is 26.9. The summed E-state index contributed by atoms with van der Waals surface area (Å²) in [5.41, 5.74) is -0.410. The number of hydrogen-bond donors (Lipinski definition) is 1. The molecular weight excluding hydrogens is 1060 g/mol. The average molecular weight is 1160 g/mol. The van der Waals surface area contributed by atoms with Crippen molar-refractivity contribution in [3.63, 3.8) is 0 Å². The number of aromatic nitrogens is 4. The van der Waals surface area contributed by atoms with Crippen LogP contribution >= 0.6 is 0 Å². The van der Waals surface area contributed by atoms with Crippen molar-refractivity contribution in [2.24, 2.45) is 0 Å². The van der Waals surface area contributed by atoms with Crippen LogP contribution in [-0.4, -0.2) is 146 Å². The Labute approximate surface area is 488 Å². The quantitative estimate of drug-likeness (QED) is 0.0604. The number of urea groups is 2. The third kappa shape index (κ3) is 30.1. The Hall–Kier alpha value is -6.35. The molecule has 464 valence electrons. The molecule has 2 saturated heterocycles. The zero-order valence-electron chi connectivity index (χ0n) is 50.8. The zero-order chi connectivity index (χ0) is 60.9. The highest BCUT2D eigenvalue weighted by Crippen LogP contribution is 2.25. The van der Waals surface area contributed by atoms with Crippen LogP contribution in [0, 0.1) is 32.0 Å². The number of benzene rings is 1. The molecule has 1 aromatic carbocycles. The highest BCUT2D eigenvalue weighted by Gasteiger charge is 2.49. The summed E-state index contributed by atoms with van der Waals surface area (Å²) in [7, 11) is 1.64. The van der Waals surface area contributed by atoms with Gasteiger partial charge in [0.2, 0.25) is 17.7 Å². The molecule has 2 aliphatic rings. The number of nitrogens with zero attached hydrogens (tertiary/aromatic N) is 7. The molecule has 3 aromatic heterocycles. The van der Waals surface area contributed by atoms with E-state index in [-0.39, 0.29) is 93.3 Å². The minimum absolute atomic E-state index is 0. The number of oxazole rings is 1. The van der Waals surface area contributed by atoms with E-state index in [1.807, 2.05) is 96.1 Å². The molecule has 0 radical (unpaired) electrons. The molecule has 82 heavy (non-hydrogen) atoms. The lowest BCUT2D eigenvalue weighted by Gasteiger charge is -2.22. The van der Waals surface area contributed by atoms with Crippen LogP contribution in [0.4, 0.5) is 14.0 Å². The molecule has 1 N–H and O–H groups in total. The number of ether oxygens (including phenoxy) is 6. The fourth-order valence-electron chi connectivity index (χ4n) is 6.34. The number of rotatable bonds is 21. The Bertz CT molecular complexity index is 2520. The Balaban J connectivity index is 0. The average Bonchev–Trinajstić information content (AvgIpc) is 4.08. The van der Waals surface area contributed by atoms with E-state index in [1.54, 1.807) is 82.9 Å². The number of terminal acetylenes is 1. The maximum absolute atomic E-state index is 13.3. The molecule has 0 aliphatic carbocycles. The van der Waals surface area contributed by atoms with Crippen molar-refractivity contribution in [3.05, 3.63) is 99.5 Å². The smallest absolute Gasteiger partial charge is 0.327 e. The van der Waals surface area contributed by atoms with Crippen LogP contribution in [0.1, 0.15) is 160 Å². The SMILES string of the molecule is C.C.C#Cc1ccc(COC(C)C)c(F)c1.CC(C)OCCN1C(=O)N(C)C(C)(C)C1=O.CC(C)OCCN1C(=O)NC(C)(C)C1=O.CC(C)OCCn1ccccc1=O.Cc1cnc(COC(C)C)o1.Cc1nnc(COC(C)C)o1. The summed E-state index contributed by atoms with van der Waals surface area (Å²) in [6.07, 6.45) is 9.57. The number of amides is 6. The van der Waals surface area contributed by atoms with E-state index in [2.05, 4.69) is 26.4 Å². The highest BCUT2D eigenvalue weighted by molar-refractivity contribution is 6.07. The lowest BCUT2D eigenvalue weighted by Crippen LogP contribution is -2.41. The summed E-state index contributed by atoms with van der Waals surface area (Å²) in [5.74, 6) is 4.31. The van der Waals surface area contributed by atoms with Gasteiger partial charge in [-0.1, -0.05) is 32.9 Å². The van der Waals surface area contributed by atoms with Crippen molar-refractivity contribution in [2.75, 3.05) is 40.0 Å². The van der Waals surface area contributed by atoms with Gasteiger partial charge in [-0.25, -0.2) is 19.0 Å². The molecular formula is C60H99FN8O13. The number of halogens is 1.